The Morgan fingerprint density at radius 2 is 1.95 bits per heavy atom. The van der Waals surface area contributed by atoms with Crippen LogP contribution in [0, 0.1) is 5.92 Å². The maximum absolute atomic E-state index is 11.9. The molecule has 3 N–H and O–H groups in total. The average Bonchev–Trinajstić information content (AvgIpc) is 2.59. The molecule has 1 fully saturated rings. The number of amides is 2. The first-order valence-corrected chi connectivity index (χ1v) is 7.61. The number of rotatable bonds is 6. The van der Waals surface area contributed by atoms with Gasteiger partial charge in [-0.25, -0.2) is 0 Å². The molecule has 6 heteroatoms. The molecule has 1 aromatic rings. The van der Waals surface area contributed by atoms with Crippen LogP contribution in [0.15, 0.2) is 24.3 Å². The van der Waals surface area contributed by atoms with E-state index in [1.165, 1.54) is 0 Å². The summed E-state index contributed by atoms with van der Waals surface area (Å²) in [6.45, 7) is 2.58. The first-order valence-electron chi connectivity index (χ1n) is 7.61. The van der Waals surface area contributed by atoms with Crippen LogP contribution in [0.3, 0.4) is 0 Å². The number of methoxy groups -OCH3 is 1. The Morgan fingerprint density at radius 3 is 2.59 bits per heavy atom. The minimum absolute atomic E-state index is 0.0473. The van der Waals surface area contributed by atoms with Crippen molar-refractivity contribution in [2.45, 2.75) is 12.8 Å². The Morgan fingerprint density at radius 1 is 1.23 bits per heavy atom. The highest BCUT2D eigenvalue weighted by Gasteiger charge is 2.20. The van der Waals surface area contributed by atoms with Crippen molar-refractivity contribution in [1.82, 2.24) is 16.0 Å². The lowest BCUT2D eigenvalue weighted by molar-refractivity contribution is -0.125. The molecule has 0 aliphatic carbocycles. The van der Waals surface area contributed by atoms with Crippen molar-refractivity contribution in [2.75, 3.05) is 33.3 Å². The van der Waals surface area contributed by atoms with Crippen LogP contribution in [0.4, 0.5) is 0 Å². The third kappa shape index (κ3) is 4.73. The lowest BCUT2D eigenvalue weighted by Gasteiger charge is -2.21. The van der Waals surface area contributed by atoms with Crippen molar-refractivity contribution in [1.29, 1.82) is 0 Å². The number of hydrogen-bond donors (Lipinski definition) is 3. The highest BCUT2D eigenvalue weighted by atomic mass is 16.5. The van der Waals surface area contributed by atoms with Crippen molar-refractivity contribution in [2.24, 2.45) is 5.92 Å². The molecule has 2 amide bonds. The minimum Gasteiger partial charge on any atom is -0.497 e. The fourth-order valence-corrected chi connectivity index (χ4v) is 2.43. The van der Waals surface area contributed by atoms with Gasteiger partial charge in [0.15, 0.2) is 0 Å². The second-order valence-electron chi connectivity index (χ2n) is 5.32. The fourth-order valence-electron chi connectivity index (χ4n) is 2.43. The van der Waals surface area contributed by atoms with Gasteiger partial charge in [0, 0.05) is 25.2 Å². The molecule has 6 nitrogen and oxygen atoms in total. The smallest absolute Gasteiger partial charge is 0.251 e. The molecule has 0 bridgehead atoms. The Hall–Kier alpha value is -2.08. The van der Waals surface area contributed by atoms with Gasteiger partial charge in [-0.2, -0.15) is 0 Å². The molecule has 0 saturated carbocycles. The molecule has 1 saturated heterocycles. The Labute approximate surface area is 130 Å². The molecule has 1 unspecified atom stereocenters. The van der Waals surface area contributed by atoms with Crippen LogP contribution in [0.25, 0.3) is 0 Å². The van der Waals surface area contributed by atoms with Gasteiger partial charge in [0.2, 0.25) is 5.91 Å². The maximum Gasteiger partial charge on any atom is 0.251 e. The number of ether oxygens (including phenoxy) is 1. The van der Waals surface area contributed by atoms with Crippen LogP contribution < -0.4 is 20.7 Å². The highest BCUT2D eigenvalue weighted by Crippen LogP contribution is 2.11. The predicted octanol–water partition coefficient (Wildman–Crippen LogP) is 0.541. The molecule has 2 rings (SSSR count). The van der Waals surface area contributed by atoms with Crippen LogP contribution in [-0.4, -0.2) is 45.1 Å². The molecule has 1 aliphatic heterocycles. The normalized spacial score (nSPS) is 17.6. The van der Waals surface area contributed by atoms with E-state index in [9.17, 15) is 9.59 Å². The highest BCUT2D eigenvalue weighted by molar-refractivity contribution is 5.94. The summed E-state index contributed by atoms with van der Waals surface area (Å²) in [5.41, 5.74) is 0.573. The molecule has 0 spiro atoms. The van der Waals surface area contributed by atoms with Crippen molar-refractivity contribution in [3.63, 3.8) is 0 Å². The molecule has 22 heavy (non-hydrogen) atoms. The summed E-state index contributed by atoms with van der Waals surface area (Å²) in [5.74, 6) is 0.665. The van der Waals surface area contributed by atoms with E-state index in [1.807, 2.05) is 0 Å². The second-order valence-corrected chi connectivity index (χ2v) is 5.32. The average molecular weight is 305 g/mol. The van der Waals surface area contributed by atoms with Crippen molar-refractivity contribution in [3.8, 4) is 5.75 Å². The zero-order valence-corrected chi connectivity index (χ0v) is 12.9. The molecule has 1 aliphatic rings. The lowest BCUT2D eigenvalue weighted by atomic mass is 9.99. The van der Waals surface area contributed by atoms with E-state index in [2.05, 4.69) is 16.0 Å². The molecule has 1 aromatic carbocycles. The molecule has 1 atom stereocenters. The van der Waals surface area contributed by atoms with Gasteiger partial charge in [0.25, 0.3) is 5.91 Å². The summed E-state index contributed by atoms with van der Waals surface area (Å²) in [5, 5.41) is 8.86. The van der Waals surface area contributed by atoms with Crippen molar-refractivity contribution < 1.29 is 14.3 Å². The Balaban J connectivity index is 1.66. The summed E-state index contributed by atoms with van der Waals surface area (Å²) < 4.78 is 5.05. The van der Waals surface area contributed by atoms with E-state index in [1.54, 1.807) is 31.4 Å². The van der Waals surface area contributed by atoms with Crippen molar-refractivity contribution >= 4 is 11.8 Å². The number of nitrogens with one attached hydrogen (secondary N) is 3. The topological polar surface area (TPSA) is 79.5 Å². The van der Waals surface area contributed by atoms with Crippen LogP contribution in [0.5, 0.6) is 5.75 Å². The second kappa shape index (κ2) is 8.38. The maximum atomic E-state index is 11.9. The largest absolute Gasteiger partial charge is 0.497 e. The molecule has 120 valence electrons. The van der Waals surface area contributed by atoms with Crippen LogP contribution in [0.2, 0.25) is 0 Å². The van der Waals surface area contributed by atoms with Gasteiger partial charge in [-0.05, 0) is 43.7 Å². The quantitative estimate of drug-likeness (QED) is 0.670. The molecule has 0 aromatic heterocycles. The van der Waals surface area contributed by atoms with E-state index in [-0.39, 0.29) is 17.7 Å². The number of carbonyl (C=O) groups is 2. The van der Waals surface area contributed by atoms with Crippen LogP contribution in [-0.2, 0) is 4.79 Å². The first-order chi connectivity index (χ1) is 10.7. The summed E-state index contributed by atoms with van der Waals surface area (Å²) in [4.78, 5) is 23.8. The Bertz CT molecular complexity index is 496. The summed E-state index contributed by atoms with van der Waals surface area (Å²) in [6.07, 6.45) is 1.96. The Kier molecular flexibility index (Phi) is 6.21. The summed E-state index contributed by atoms with van der Waals surface area (Å²) >= 11 is 0. The fraction of sp³-hybridized carbons (Fsp3) is 0.500. The number of benzene rings is 1. The van der Waals surface area contributed by atoms with Crippen LogP contribution in [0.1, 0.15) is 23.2 Å². The molecular weight excluding hydrogens is 282 g/mol. The summed E-state index contributed by atoms with van der Waals surface area (Å²) in [7, 11) is 1.58. The van der Waals surface area contributed by atoms with E-state index >= 15 is 0 Å². The standard InChI is InChI=1S/C16H23N3O3/c1-22-14-6-4-12(5-7-14)15(20)18-9-10-19-16(21)13-3-2-8-17-11-13/h4-7,13,17H,2-3,8-11H2,1H3,(H,18,20)(H,19,21). The third-order valence-corrected chi connectivity index (χ3v) is 3.73. The molecular formula is C16H23N3O3. The zero-order chi connectivity index (χ0) is 15.8. The van der Waals surface area contributed by atoms with Crippen LogP contribution >= 0.6 is 0 Å². The number of carbonyl (C=O) groups excluding carboxylic acids is 2. The predicted molar refractivity (Wildman–Crippen MR) is 83.9 cm³/mol. The van der Waals surface area contributed by atoms with E-state index in [4.69, 9.17) is 4.74 Å². The monoisotopic (exact) mass is 305 g/mol. The van der Waals surface area contributed by atoms with Gasteiger partial charge in [-0.3, -0.25) is 9.59 Å². The van der Waals surface area contributed by atoms with E-state index in [0.717, 1.165) is 25.9 Å². The van der Waals surface area contributed by atoms with E-state index < -0.39 is 0 Å². The molecule has 0 radical (unpaired) electrons. The number of hydrogen-bond acceptors (Lipinski definition) is 4. The lowest BCUT2D eigenvalue weighted by Crippen LogP contribution is -2.42. The van der Waals surface area contributed by atoms with Gasteiger partial charge >= 0.3 is 0 Å². The molecule has 1 heterocycles. The van der Waals surface area contributed by atoms with Gasteiger partial charge < -0.3 is 20.7 Å². The number of piperidine rings is 1. The van der Waals surface area contributed by atoms with E-state index in [0.29, 0.717) is 24.4 Å². The van der Waals surface area contributed by atoms with Gasteiger partial charge in [0.1, 0.15) is 5.75 Å². The van der Waals surface area contributed by atoms with Gasteiger partial charge in [-0.1, -0.05) is 0 Å². The SMILES string of the molecule is COc1ccc(C(=O)NCCNC(=O)C2CCCNC2)cc1. The zero-order valence-electron chi connectivity index (χ0n) is 12.9. The summed E-state index contributed by atoms with van der Waals surface area (Å²) in [6, 6.07) is 6.90. The van der Waals surface area contributed by atoms with Gasteiger partial charge in [0.05, 0.1) is 13.0 Å². The van der Waals surface area contributed by atoms with Gasteiger partial charge in [-0.15, -0.1) is 0 Å². The van der Waals surface area contributed by atoms with Crippen molar-refractivity contribution in [3.05, 3.63) is 29.8 Å². The first kappa shape index (κ1) is 16.3. The minimum atomic E-state index is -0.156. The third-order valence-electron chi connectivity index (χ3n) is 3.73.